The van der Waals surface area contributed by atoms with E-state index in [1.165, 1.54) is 0 Å². The van der Waals surface area contributed by atoms with Gasteiger partial charge in [-0.15, -0.1) is 0 Å². The minimum Gasteiger partial charge on any atom is -0.497 e. The number of hydrogen-bond acceptors (Lipinski definition) is 3. The molecule has 16 heavy (non-hydrogen) atoms. The largest absolute Gasteiger partial charge is 0.497 e. The summed E-state index contributed by atoms with van der Waals surface area (Å²) in [5, 5.41) is 0. The summed E-state index contributed by atoms with van der Waals surface area (Å²) >= 11 is 0. The lowest BCUT2D eigenvalue weighted by molar-refractivity contribution is 0.415. The van der Waals surface area contributed by atoms with Gasteiger partial charge in [-0.3, -0.25) is 0 Å². The smallest absolute Gasteiger partial charge is 0.226 e. The molecule has 83 valence electrons. The molecule has 3 heteroatoms. The van der Waals surface area contributed by atoms with Crippen LogP contribution < -0.4 is 4.74 Å². The molecule has 1 radical (unpaired) electrons. The normalized spacial score (nSPS) is 10.4. The van der Waals surface area contributed by atoms with E-state index in [1.54, 1.807) is 7.11 Å². The Morgan fingerprint density at radius 3 is 2.50 bits per heavy atom. The monoisotopic (exact) mass is 216 g/mol. The maximum atomic E-state index is 5.57. The van der Waals surface area contributed by atoms with Gasteiger partial charge in [-0.25, -0.2) is 4.98 Å². The third-order valence-corrected chi connectivity index (χ3v) is 2.47. The van der Waals surface area contributed by atoms with Gasteiger partial charge in [-0.05, 0) is 44.5 Å². The van der Waals surface area contributed by atoms with Crippen LogP contribution in [0.1, 0.15) is 11.5 Å². The molecule has 1 heterocycles. The van der Waals surface area contributed by atoms with Crippen molar-refractivity contribution in [2.45, 2.75) is 13.3 Å². The number of aryl methyl sites for hydroxylation is 1. The van der Waals surface area contributed by atoms with Crippen molar-refractivity contribution in [1.29, 1.82) is 0 Å². The predicted octanol–water partition coefficient (Wildman–Crippen LogP) is 3.04. The third kappa shape index (κ3) is 1.94. The van der Waals surface area contributed by atoms with Crippen LogP contribution in [0.15, 0.2) is 28.7 Å². The summed E-state index contributed by atoms with van der Waals surface area (Å²) in [5.41, 5.74) is 1.86. The number of nitrogens with zero attached hydrogens (tertiary/aromatic N) is 1. The number of benzene rings is 1. The molecule has 0 amide bonds. The number of oxazole rings is 1. The molecule has 0 aliphatic carbocycles. The maximum absolute atomic E-state index is 5.57. The van der Waals surface area contributed by atoms with E-state index in [2.05, 4.69) is 11.9 Å². The van der Waals surface area contributed by atoms with Crippen molar-refractivity contribution >= 4 is 0 Å². The average Bonchev–Trinajstić information content (AvgIpc) is 2.71. The van der Waals surface area contributed by atoms with Gasteiger partial charge in [0.25, 0.3) is 0 Å². The second-order valence-electron chi connectivity index (χ2n) is 3.50. The van der Waals surface area contributed by atoms with Crippen molar-refractivity contribution in [3.05, 3.63) is 42.6 Å². The molecule has 3 nitrogen and oxygen atoms in total. The SMILES string of the molecule is [CH2]Cc1nc(-c2ccc(OC)cc2)oc1C. The van der Waals surface area contributed by atoms with Crippen molar-refractivity contribution < 1.29 is 9.15 Å². The molecule has 0 spiro atoms. The topological polar surface area (TPSA) is 35.3 Å². The number of rotatable bonds is 3. The molecule has 0 saturated carbocycles. The Labute approximate surface area is 95.1 Å². The molecule has 2 aromatic rings. The first-order valence-corrected chi connectivity index (χ1v) is 5.14. The zero-order valence-corrected chi connectivity index (χ0v) is 9.49. The maximum Gasteiger partial charge on any atom is 0.226 e. The van der Waals surface area contributed by atoms with Crippen molar-refractivity contribution in [1.82, 2.24) is 4.98 Å². The van der Waals surface area contributed by atoms with Crippen LogP contribution in [0.5, 0.6) is 5.75 Å². The second-order valence-corrected chi connectivity index (χ2v) is 3.50. The number of ether oxygens (including phenoxy) is 1. The van der Waals surface area contributed by atoms with Crippen molar-refractivity contribution in [3.63, 3.8) is 0 Å². The fraction of sp³-hybridized carbons (Fsp3) is 0.231. The van der Waals surface area contributed by atoms with Gasteiger partial charge in [-0.1, -0.05) is 0 Å². The highest BCUT2D eigenvalue weighted by Gasteiger charge is 2.09. The van der Waals surface area contributed by atoms with Gasteiger partial charge >= 0.3 is 0 Å². The summed E-state index contributed by atoms with van der Waals surface area (Å²) in [7, 11) is 1.64. The van der Waals surface area contributed by atoms with Crippen LogP contribution in [-0.2, 0) is 6.42 Å². The van der Waals surface area contributed by atoms with E-state index in [1.807, 2.05) is 31.2 Å². The first kappa shape index (κ1) is 10.7. The van der Waals surface area contributed by atoms with E-state index in [0.717, 1.165) is 22.8 Å². The van der Waals surface area contributed by atoms with Gasteiger partial charge in [0.05, 0.1) is 12.8 Å². The van der Waals surface area contributed by atoms with Crippen molar-refractivity contribution in [2.75, 3.05) is 7.11 Å². The highest BCUT2D eigenvalue weighted by Crippen LogP contribution is 2.23. The van der Waals surface area contributed by atoms with Crippen LogP contribution in [0.3, 0.4) is 0 Å². The fourth-order valence-corrected chi connectivity index (χ4v) is 1.52. The van der Waals surface area contributed by atoms with Gasteiger partial charge in [0.1, 0.15) is 11.5 Å². The Balaban J connectivity index is 2.34. The van der Waals surface area contributed by atoms with E-state index in [4.69, 9.17) is 9.15 Å². The zero-order chi connectivity index (χ0) is 11.5. The minimum atomic E-state index is 0.638. The van der Waals surface area contributed by atoms with E-state index >= 15 is 0 Å². The molecular formula is C13H14NO2. The van der Waals surface area contributed by atoms with Gasteiger partial charge in [-0.2, -0.15) is 0 Å². The molecule has 0 aliphatic heterocycles. The molecule has 0 atom stereocenters. The van der Waals surface area contributed by atoms with Crippen LogP contribution in [0.25, 0.3) is 11.5 Å². The number of aromatic nitrogens is 1. The molecule has 1 aromatic heterocycles. The summed E-state index contributed by atoms with van der Waals surface area (Å²) in [6.45, 7) is 5.71. The Hall–Kier alpha value is -1.77. The lowest BCUT2D eigenvalue weighted by Crippen LogP contribution is -1.84. The molecular weight excluding hydrogens is 202 g/mol. The molecule has 1 aromatic carbocycles. The molecule has 0 fully saturated rings. The Morgan fingerprint density at radius 1 is 1.31 bits per heavy atom. The van der Waals surface area contributed by atoms with Crippen LogP contribution >= 0.6 is 0 Å². The Morgan fingerprint density at radius 2 is 2.00 bits per heavy atom. The lowest BCUT2D eigenvalue weighted by atomic mass is 10.2. The van der Waals surface area contributed by atoms with Crippen LogP contribution in [-0.4, -0.2) is 12.1 Å². The Kier molecular flexibility index (Phi) is 2.95. The van der Waals surface area contributed by atoms with Crippen LogP contribution in [0.2, 0.25) is 0 Å². The summed E-state index contributed by atoms with van der Waals surface area (Å²) in [6.07, 6.45) is 0.644. The molecule has 0 saturated heterocycles. The average molecular weight is 216 g/mol. The van der Waals surface area contributed by atoms with Crippen LogP contribution in [0.4, 0.5) is 0 Å². The van der Waals surface area contributed by atoms with Crippen molar-refractivity contribution in [3.8, 4) is 17.2 Å². The minimum absolute atomic E-state index is 0.638. The fourth-order valence-electron chi connectivity index (χ4n) is 1.52. The third-order valence-electron chi connectivity index (χ3n) is 2.47. The molecule has 0 bridgehead atoms. The summed E-state index contributed by atoms with van der Waals surface area (Å²) < 4.78 is 10.7. The Bertz CT molecular complexity index is 471. The van der Waals surface area contributed by atoms with E-state index in [0.29, 0.717) is 12.3 Å². The van der Waals surface area contributed by atoms with Gasteiger partial charge in [0.2, 0.25) is 5.89 Å². The predicted molar refractivity (Wildman–Crippen MR) is 62.3 cm³/mol. The van der Waals surface area contributed by atoms with Gasteiger partial charge in [0.15, 0.2) is 0 Å². The number of methoxy groups -OCH3 is 1. The van der Waals surface area contributed by atoms with E-state index in [9.17, 15) is 0 Å². The van der Waals surface area contributed by atoms with Gasteiger partial charge in [0, 0.05) is 5.56 Å². The van der Waals surface area contributed by atoms with E-state index < -0.39 is 0 Å². The standard InChI is InChI=1S/C13H14NO2/c1-4-12-9(2)16-13(14-12)10-5-7-11(15-3)8-6-10/h5-8H,1,4H2,2-3H3. The highest BCUT2D eigenvalue weighted by atomic mass is 16.5. The number of hydrogen-bond donors (Lipinski definition) is 0. The lowest BCUT2D eigenvalue weighted by Gasteiger charge is -1.99. The quantitative estimate of drug-likeness (QED) is 0.791. The second kappa shape index (κ2) is 4.39. The molecule has 0 N–H and O–H groups in total. The summed E-state index contributed by atoms with van der Waals surface area (Å²) in [5.74, 6) is 2.30. The molecule has 2 rings (SSSR count). The first-order chi connectivity index (χ1) is 7.74. The first-order valence-electron chi connectivity index (χ1n) is 5.14. The van der Waals surface area contributed by atoms with Gasteiger partial charge < -0.3 is 9.15 Å². The summed E-state index contributed by atoms with van der Waals surface area (Å²) in [4.78, 5) is 4.38. The molecule has 0 unspecified atom stereocenters. The van der Waals surface area contributed by atoms with E-state index in [-0.39, 0.29) is 0 Å². The molecule has 0 aliphatic rings. The highest BCUT2D eigenvalue weighted by molar-refractivity contribution is 5.55. The zero-order valence-electron chi connectivity index (χ0n) is 9.49. The van der Waals surface area contributed by atoms with Crippen LogP contribution in [0, 0.1) is 13.8 Å². The summed E-state index contributed by atoms with van der Waals surface area (Å²) in [6, 6.07) is 7.63. The van der Waals surface area contributed by atoms with Crippen molar-refractivity contribution in [2.24, 2.45) is 0 Å².